The van der Waals surface area contributed by atoms with E-state index in [1.54, 1.807) is 0 Å². The van der Waals surface area contributed by atoms with Crippen LogP contribution < -0.4 is 51.4 Å². The molecule has 0 amide bonds. The van der Waals surface area contributed by atoms with E-state index >= 15 is 0 Å². The van der Waals surface area contributed by atoms with Crippen LogP contribution in [0.15, 0.2) is 0 Å². The zero-order valence-corrected chi connectivity index (χ0v) is 20.2. The summed E-state index contributed by atoms with van der Waals surface area (Å²) in [7, 11) is -4.89. The van der Waals surface area contributed by atoms with Gasteiger partial charge in [-0.2, -0.15) is 0 Å². The van der Waals surface area contributed by atoms with Gasteiger partial charge in [-0.15, -0.1) is 0 Å². The molecule has 0 unspecified atom stereocenters. The molecule has 0 aromatic heterocycles. The number of hydrogen-bond acceptors (Lipinski definition) is 5. The largest absolute Gasteiger partial charge is 1.00 e. The minimum atomic E-state index is -4.89. The molecule has 0 heterocycles. The number of carbonyl (C=O) groups excluding carboxylic acids is 1. The van der Waals surface area contributed by atoms with Crippen molar-refractivity contribution in [2.24, 2.45) is 0 Å². The molecule has 0 saturated carbocycles. The number of hydrogen-bond donors (Lipinski definition) is 0. The molecular formula is C18H35KO5S. The summed E-state index contributed by atoms with van der Waals surface area (Å²) < 4.78 is 34.3. The molecule has 25 heavy (non-hydrogen) atoms. The second-order valence-corrected chi connectivity index (χ2v) is 7.55. The van der Waals surface area contributed by atoms with E-state index in [-0.39, 0.29) is 57.8 Å². The average molecular weight is 403 g/mol. The van der Waals surface area contributed by atoms with Crippen molar-refractivity contribution in [3.8, 4) is 0 Å². The Kier molecular flexibility index (Phi) is 22.3. The van der Waals surface area contributed by atoms with Gasteiger partial charge in [-0.3, -0.25) is 4.79 Å². The Labute approximate surface area is 197 Å². The molecule has 5 nitrogen and oxygen atoms in total. The van der Waals surface area contributed by atoms with E-state index in [1.165, 1.54) is 70.6 Å². The van der Waals surface area contributed by atoms with E-state index in [4.69, 9.17) is 0 Å². The predicted octanol–water partition coefficient (Wildman–Crippen LogP) is 2.26. The maximum absolute atomic E-state index is 11.0. The van der Waals surface area contributed by atoms with Gasteiger partial charge in [0.15, 0.2) is 0 Å². The summed E-state index contributed by atoms with van der Waals surface area (Å²) in [4.78, 5) is 11.0. The molecule has 0 aliphatic carbocycles. The van der Waals surface area contributed by atoms with Crippen molar-refractivity contribution in [2.75, 3.05) is 0 Å². The molecular weight excluding hydrogens is 367 g/mol. The number of rotatable bonds is 17. The van der Waals surface area contributed by atoms with Crippen molar-refractivity contribution >= 4 is 16.4 Å². The topological polar surface area (TPSA) is 83.5 Å². The van der Waals surface area contributed by atoms with Gasteiger partial charge in [0.1, 0.15) is 0 Å². The third kappa shape index (κ3) is 25.0. The molecule has 0 bridgehead atoms. The zero-order chi connectivity index (χ0) is 18.1. The summed E-state index contributed by atoms with van der Waals surface area (Å²) >= 11 is 0. The van der Waals surface area contributed by atoms with Crippen molar-refractivity contribution in [3.05, 3.63) is 0 Å². The van der Waals surface area contributed by atoms with Gasteiger partial charge in [-0.1, -0.05) is 96.8 Å². The van der Waals surface area contributed by atoms with Gasteiger partial charge in [0.05, 0.1) is 0 Å². The maximum Gasteiger partial charge on any atom is 1.00 e. The number of carbonyl (C=O) groups is 1. The van der Waals surface area contributed by atoms with E-state index in [2.05, 4.69) is 11.1 Å². The van der Waals surface area contributed by atoms with Gasteiger partial charge in [-0.05, 0) is 6.42 Å². The van der Waals surface area contributed by atoms with Gasteiger partial charge in [0, 0.05) is 6.42 Å². The van der Waals surface area contributed by atoms with Crippen LogP contribution in [0.5, 0.6) is 0 Å². The minimum Gasteiger partial charge on any atom is -0.716 e. The zero-order valence-electron chi connectivity index (χ0n) is 16.3. The van der Waals surface area contributed by atoms with Crippen LogP contribution in [0.1, 0.15) is 110 Å². The van der Waals surface area contributed by atoms with Crippen LogP contribution in [-0.2, 0) is 19.4 Å². The molecule has 0 saturated heterocycles. The normalized spacial score (nSPS) is 11.1. The fraction of sp³-hybridized carbons (Fsp3) is 0.944. The molecule has 0 aromatic carbocycles. The Morgan fingerprint density at radius 1 is 0.720 bits per heavy atom. The van der Waals surface area contributed by atoms with Crippen molar-refractivity contribution in [1.82, 2.24) is 0 Å². The Balaban J connectivity index is 0. The van der Waals surface area contributed by atoms with Crippen LogP contribution in [0.3, 0.4) is 0 Å². The summed E-state index contributed by atoms with van der Waals surface area (Å²) in [6.07, 6.45) is 18.3. The van der Waals surface area contributed by atoms with Crippen LogP contribution >= 0.6 is 0 Å². The van der Waals surface area contributed by atoms with E-state index < -0.39 is 16.4 Å². The van der Waals surface area contributed by atoms with Crippen LogP contribution in [0.25, 0.3) is 0 Å². The van der Waals surface area contributed by atoms with Crippen molar-refractivity contribution in [2.45, 2.75) is 110 Å². The average Bonchev–Trinajstić information content (AvgIpc) is 2.49. The molecule has 0 rings (SSSR count). The summed E-state index contributed by atoms with van der Waals surface area (Å²) in [5.41, 5.74) is 0. The summed E-state index contributed by atoms with van der Waals surface area (Å²) in [5.74, 6) is -0.945. The molecule has 0 fully saturated rings. The molecule has 0 radical (unpaired) electrons. The second-order valence-electron chi connectivity index (χ2n) is 6.56. The Morgan fingerprint density at radius 3 is 1.36 bits per heavy atom. The Morgan fingerprint density at radius 2 is 1.04 bits per heavy atom. The van der Waals surface area contributed by atoms with Crippen molar-refractivity contribution in [1.29, 1.82) is 0 Å². The monoisotopic (exact) mass is 402 g/mol. The van der Waals surface area contributed by atoms with Gasteiger partial charge in [-0.25, -0.2) is 8.42 Å². The smallest absolute Gasteiger partial charge is 0.716 e. The van der Waals surface area contributed by atoms with E-state index in [1.807, 2.05) is 0 Å². The molecule has 0 aromatic rings. The van der Waals surface area contributed by atoms with Crippen molar-refractivity contribution in [3.63, 3.8) is 0 Å². The van der Waals surface area contributed by atoms with Gasteiger partial charge >= 0.3 is 57.4 Å². The maximum atomic E-state index is 11.0. The second kappa shape index (κ2) is 19.8. The molecule has 0 N–H and O–H groups in total. The van der Waals surface area contributed by atoms with Gasteiger partial charge in [0.2, 0.25) is 0 Å². The van der Waals surface area contributed by atoms with E-state index in [0.717, 1.165) is 19.3 Å². The predicted molar refractivity (Wildman–Crippen MR) is 95.3 cm³/mol. The Bertz CT molecular complexity index is 398. The minimum absolute atomic E-state index is 0. The molecule has 0 spiro atoms. The van der Waals surface area contributed by atoms with Crippen molar-refractivity contribution < 1.29 is 73.3 Å². The standard InChI is InChI=1S/C18H36O5S.K/c1-2-3-4-5-6-7-8-9-10-11-12-13-14-15-16-17-18(19)23-24(20,21)22;/h2-17H2,1H3,(H,20,21,22);/q;+1/p-1. The van der Waals surface area contributed by atoms with Gasteiger partial charge < -0.3 is 8.74 Å². The molecule has 0 atom stereocenters. The first-order chi connectivity index (χ1) is 11.5. The summed E-state index contributed by atoms with van der Waals surface area (Å²) in [6, 6.07) is 0. The van der Waals surface area contributed by atoms with Crippen LogP contribution in [0, 0.1) is 0 Å². The molecule has 7 heteroatoms. The van der Waals surface area contributed by atoms with E-state index in [9.17, 15) is 17.8 Å². The summed E-state index contributed by atoms with van der Waals surface area (Å²) in [5, 5.41) is 0. The van der Waals surface area contributed by atoms with Crippen LogP contribution in [0.4, 0.5) is 0 Å². The first-order valence-electron chi connectivity index (χ1n) is 9.64. The Hall–Kier alpha value is 1.02. The fourth-order valence-electron chi connectivity index (χ4n) is 2.80. The fourth-order valence-corrected chi connectivity index (χ4v) is 3.11. The van der Waals surface area contributed by atoms with Crippen LogP contribution in [-0.4, -0.2) is 18.9 Å². The molecule has 0 aliphatic rings. The molecule has 144 valence electrons. The quantitative estimate of drug-likeness (QED) is 0.161. The first-order valence-corrected chi connectivity index (χ1v) is 11.0. The summed E-state index contributed by atoms with van der Waals surface area (Å²) in [6.45, 7) is 2.25. The van der Waals surface area contributed by atoms with Gasteiger partial charge in [0.25, 0.3) is 10.4 Å². The molecule has 0 aliphatic heterocycles. The SMILES string of the molecule is CCCCCCCCCCCCCCCCCC(=O)OS(=O)(=O)[O-].[K+]. The third-order valence-corrected chi connectivity index (χ3v) is 4.57. The van der Waals surface area contributed by atoms with E-state index in [0.29, 0.717) is 6.42 Å². The number of unbranched alkanes of at least 4 members (excludes halogenated alkanes) is 14. The first kappa shape index (κ1) is 28.2. The third-order valence-electron chi connectivity index (χ3n) is 4.18. The van der Waals surface area contributed by atoms with Crippen LogP contribution in [0.2, 0.25) is 0 Å².